The Morgan fingerprint density at radius 1 is 1.15 bits per heavy atom. The molecule has 1 N–H and O–H groups in total. The molecule has 0 unspecified atom stereocenters. The number of nitrogens with one attached hydrogen (secondary N) is 1. The average molecular weight is 383 g/mol. The summed E-state index contributed by atoms with van der Waals surface area (Å²) in [6, 6.07) is 4.71. The Morgan fingerprint density at radius 3 is 2.23 bits per heavy atom. The van der Waals surface area contributed by atoms with Gasteiger partial charge in [-0.3, -0.25) is 19.4 Å². The predicted octanol–water partition coefficient (Wildman–Crippen LogP) is 2.92. The lowest BCUT2D eigenvalue weighted by atomic mass is 10.1. The first kappa shape index (κ1) is 21.6. The lowest BCUT2D eigenvalue weighted by molar-refractivity contribution is -0.158. The Bertz CT molecular complexity index is 656. The minimum absolute atomic E-state index is 0.116. The van der Waals surface area contributed by atoms with Crippen molar-refractivity contribution in [2.75, 3.05) is 20.3 Å². The van der Waals surface area contributed by atoms with Gasteiger partial charge >= 0.3 is 11.9 Å². The molecule has 0 aliphatic heterocycles. The Kier molecular flexibility index (Phi) is 9.36. The van der Waals surface area contributed by atoms with Crippen LogP contribution in [0.4, 0.5) is 5.69 Å². The van der Waals surface area contributed by atoms with Gasteiger partial charge in [-0.2, -0.15) is 0 Å². The Labute approximate surface area is 157 Å². The summed E-state index contributed by atoms with van der Waals surface area (Å²) < 4.78 is 10.0. The predicted molar refractivity (Wildman–Crippen MR) is 99.0 cm³/mol. The van der Waals surface area contributed by atoms with Crippen molar-refractivity contribution in [3.63, 3.8) is 0 Å². The first-order valence-corrected chi connectivity index (χ1v) is 8.72. The second-order valence-electron chi connectivity index (χ2n) is 5.31. The van der Waals surface area contributed by atoms with Crippen LogP contribution in [0.15, 0.2) is 23.2 Å². The van der Waals surface area contributed by atoms with Crippen LogP contribution in [0.2, 0.25) is 5.02 Å². The summed E-state index contributed by atoms with van der Waals surface area (Å²) in [4.78, 5) is 40.1. The molecule has 0 spiro atoms. The maximum Gasteiger partial charge on any atom is 0.325 e. The normalized spacial score (nSPS) is 10.8. The Morgan fingerprint density at radius 2 is 1.73 bits per heavy atom. The molecule has 0 bridgehead atoms. The van der Waals surface area contributed by atoms with Gasteiger partial charge in [0, 0.05) is 13.3 Å². The number of halogens is 1. The lowest BCUT2D eigenvalue weighted by Gasteiger charge is -2.11. The topological polar surface area (TPSA) is 94.1 Å². The SMILES string of the molecule is CCCOC(=O)C(C=Nc1cccc(C(=O)NC)c1Cl)C(=O)OCCC. The monoisotopic (exact) mass is 382 g/mol. The Hall–Kier alpha value is -2.41. The van der Waals surface area contributed by atoms with Crippen LogP contribution in [-0.2, 0) is 19.1 Å². The van der Waals surface area contributed by atoms with Crippen LogP contribution < -0.4 is 5.32 Å². The van der Waals surface area contributed by atoms with E-state index in [0.717, 1.165) is 6.21 Å². The molecule has 0 saturated carbocycles. The van der Waals surface area contributed by atoms with E-state index in [2.05, 4.69) is 10.3 Å². The van der Waals surface area contributed by atoms with Crippen LogP contribution in [0.5, 0.6) is 0 Å². The second-order valence-corrected chi connectivity index (χ2v) is 5.69. The number of ether oxygens (including phenoxy) is 2. The first-order chi connectivity index (χ1) is 12.5. The van der Waals surface area contributed by atoms with Gasteiger partial charge in [0.05, 0.1) is 29.5 Å². The zero-order valence-electron chi connectivity index (χ0n) is 15.1. The molecule has 0 heterocycles. The van der Waals surface area contributed by atoms with Crippen LogP contribution in [0.3, 0.4) is 0 Å². The highest BCUT2D eigenvalue weighted by Crippen LogP contribution is 2.28. The van der Waals surface area contributed by atoms with Gasteiger partial charge in [0.2, 0.25) is 0 Å². The molecule has 7 nitrogen and oxygen atoms in total. The van der Waals surface area contributed by atoms with Crippen molar-refractivity contribution in [1.82, 2.24) is 5.32 Å². The van der Waals surface area contributed by atoms with Crippen molar-refractivity contribution < 1.29 is 23.9 Å². The molecule has 142 valence electrons. The smallest absolute Gasteiger partial charge is 0.325 e. The number of rotatable bonds is 9. The summed E-state index contributed by atoms with van der Waals surface area (Å²) in [5, 5.41) is 2.59. The molecule has 1 aromatic carbocycles. The van der Waals surface area contributed by atoms with Crippen molar-refractivity contribution in [1.29, 1.82) is 0 Å². The number of hydrogen-bond acceptors (Lipinski definition) is 6. The molecule has 0 aromatic heterocycles. The molecule has 1 amide bonds. The van der Waals surface area contributed by atoms with E-state index in [0.29, 0.717) is 12.8 Å². The molecule has 0 radical (unpaired) electrons. The fourth-order valence-electron chi connectivity index (χ4n) is 1.89. The van der Waals surface area contributed by atoms with Gasteiger partial charge in [0.25, 0.3) is 5.91 Å². The minimum Gasteiger partial charge on any atom is -0.465 e. The van der Waals surface area contributed by atoms with Crippen LogP contribution in [0, 0.1) is 5.92 Å². The summed E-state index contributed by atoms with van der Waals surface area (Å²) in [6.07, 6.45) is 2.38. The number of carbonyl (C=O) groups excluding carboxylic acids is 3. The number of amides is 1. The average Bonchev–Trinajstić information content (AvgIpc) is 2.65. The van der Waals surface area contributed by atoms with E-state index in [4.69, 9.17) is 21.1 Å². The number of carbonyl (C=O) groups is 3. The largest absolute Gasteiger partial charge is 0.465 e. The highest BCUT2D eigenvalue weighted by atomic mass is 35.5. The molecule has 8 heteroatoms. The second kappa shape index (κ2) is 11.3. The Balaban J connectivity index is 3.07. The van der Waals surface area contributed by atoms with Gasteiger partial charge in [-0.1, -0.05) is 31.5 Å². The van der Waals surface area contributed by atoms with E-state index >= 15 is 0 Å². The van der Waals surface area contributed by atoms with E-state index in [1.165, 1.54) is 7.05 Å². The molecular formula is C18H23ClN2O5. The zero-order valence-corrected chi connectivity index (χ0v) is 15.8. The standard InChI is InChI=1S/C18H23ClN2O5/c1-4-9-25-17(23)13(18(24)26-10-5-2)11-21-14-8-6-7-12(15(14)19)16(22)20-3/h6-8,11,13H,4-5,9-10H2,1-3H3,(H,20,22). The van der Waals surface area contributed by atoms with Crippen molar-refractivity contribution in [2.45, 2.75) is 26.7 Å². The molecule has 0 atom stereocenters. The summed E-state index contributed by atoms with van der Waals surface area (Å²) in [7, 11) is 1.48. The summed E-state index contributed by atoms with van der Waals surface area (Å²) in [6.45, 7) is 4.07. The highest BCUT2D eigenvalue weighted by molar-refractivity contribution is 6.36. The quantitative estimate of drug-likeness (QED) is 0.402. The molecule has 26 heavy (non-hydrogen) atoms. The van der Waals surface area contributed by atoms with E-state index in [1.807, 2.05) is 13.8 Å². The van der Waals surface area contributed by atoms with Crippen molar-refractivity contribution in [3.05, 3.63) is 28.8 Å². The van der Waals surface area contributed by atoms with Crippen molar-refractivity contribution in [3.8, 4) is 0 Å². The van der Waals surface area contributed by atoms with Crippen molar-refractivity contribution in [2.24, 2.45) is 10.9 Å². The number of aliphatic imine (C=N–C) groups is 1. The van der Waals surface area contributed by atoms with E-state index in [-0.39, 0.29) is 35.4 Å². The van der Waals surface area contributed by atoms with E-state index in [9.17, 15) is 14.4 Å². The summed E-state index contributed by atoms with van der Waals surface area (Å²) >= 11 is 6.19. The number of nitrogens with zero attached hydrogens (tertiary/aromatic N) is 1. The lowest BCUT2D eigenvalue weighted by Crippen LogP contribution is -2.29. The molecule has 0 saturated heterocycles. The van der Waals surface area contributed by atoms with Crippen LogP contribution in [0.1, 0.15) is 37.0 Å². The van der Waals surface area contributed by atoms with Gasteiger partial charge in [0.1, 0.15) is 0 Å². The van der Waals surface area contributed by atoms with Gasteiger partial charge in [-0.05, 0) is 25.0 Å². The third-order valence-electron chi connectivity index (χ3n) is 3.22. The fourth-order valence-corrected chi connectivity index (χ4v) is 2.15. The molecule has 1 aromatic rings. The number of hydrogen-bond donors (Lipinski definition) is 1. The van der Waals surface area contributed by atoms with Gasteiger partial charge in [-0.15, -0.1) is 0 Å². The highest BCUT2D eigenvalue weighted by Gasteiger charge is 2.28. The minimum atomic E-state index is -1.30. The third kappa shape index (κ3) is 6.15. The molecule has 1 rings (SSSR count). The summed E-state index contributed by atoms with van der Waals surface area (Å²) in [5.74, 6) is -3.15. The van der Waals surface area contributed by atoms with Crippen molar-refractivity contribution >= 4 is 41.3 Å². The maximum atomic E-state index is 12.1. The summed E-state index contributed by atoms with van der Waals surface area (Å²) in [5.41, 5.74) is 0.492. The molecule has 0 aliphatic carbocycles. The maximum absolute atomic E-state index is 12.1. The van der Waals surface area contributed by atoms with E-state index in [1.54, 1.807) is 18.2 Å². The first-order valence-electron chi connectivity index (χ1n) is 8.34. The molecular weight excluding hydrogens is 360 g/mol. The van der Waals surface area contributed by atoms with Gasteiger partial charge in [0.15, 0.2) is 5.92 Å². The van der Waals surface area contributed by atoms with Crippen LogP contribution >= 0.6 is 11.6 Å². The zero-order chi connectivity index (χ0) is 19.5. The van der Waals surface area contributed by atoms with E-state index < -0.39 is 17.9 Å². The third-order valence-corrected chi connectivity index (χ3v) is 3.61. The molecule has 0 fully saturated rings. The number of benzene rings is 1. The molecule has 0 aliphatic rings. The van der Waals surface area contributed by atoms with Gasteiger partial charge < -0.3 is 14.8 Å². The fraction of sp³-hybridized carbons (Fsp3) is 0.444. The van der Waals surface area contributed by atoms with Crippen LogP contribution in [-0.4, -0.2) is 44.3 Å². The van der Waals surface area contributed by atoms with Crippen LogP contribution in [0.25, 0.3) is 0 Å². The van der Waals surface area contributed by atoms with Gasteiger partial charge in [-0.25, -0.2) is 0 Å². The number of esters is 2.